The van der Waals surface area contributed by atoms with Crippen molar-refractivity contribution in [2.45, 2.75) is 204 Å². The number of methoxy groups -OCH3 is 1. The summed E-state index contributed by atoms with van der Waals surface area (Å²) < 4.78 is 45.5. The van der Waals surface area contributed by atoms with Crippen LogP contribution in [0, 0.1) is 5.92 Å². The van der Waals surface area contributed by atoms with Crippen molar-refractivity contribution in [2.24, 2.45) is 5.92 Å². The first kappa shape index (κ1) is 61.5. The third-order valence-corrected chi connectivity index (χ3v) is 11.2. The summed E-state index contributed by atoms with van der Waals surface area (Å²) in [6.45, 7) is 20.0. The molecule has 0 bridgehead atoms. The number of esters is 1. The standard InChI is InChI=1S/C47H82N6O19/c1-43(2,3)69-39(60)49-19-18-28(54)36(58)50-27-20-26(52-41(62)71-45(7,8)9)30(31(56)34(27)68-38-32(57)35(47(13,64)23-66-38)53(14)42(63)72-46(10,11)12)33-25(51-40(61)70-44(4,5)6)17-16-24(67-33)21-48-22-29(55)37(59)65-15/h16,25-35,38,48,54-57,64H,17-23H2,1-15H3,(H,49,60)(H,50,58)(H,51,61)(H,52,62)/t25-,26+,27-,28+,29+,30-,31+,32-,33?,34+,35-,38-,47+/m1/s1. The van der Waals surface area contributed by atoms with Crippen molar-refractivity contribution in [3.8, 4) is 0 Å². The number of nitrogens with zero attached hydrogens (tertiary/aromatic N) is 1. The maximum atomic E-state index is 13.9. The van der Waals surface area contributed by atoms with Crippen molar-refractivity contribution in [2.75, 3.05) is 40.4 Å². The second-order valence-electron chi connectivity index (χ2n) is 22.5. The number of amides is 5. The third-order valence-electron chi connectivity index (χ3n) is 11.2. The van der Waals surface area contributed by atoms with Crippen LogP contribution in [0.25, 0.3) is 0 Å². The van der Waals surface area contributed by atoms with Gasteiger partial charge in [0.1, 0.15) is 58.2 Å². The second-order valence-corrected chi connectivity index (χ2v) is 22.5. The topological polar surface area (TPSA) is 341 Å². The van der Waals surface area contributed by atoms with Gasteiger partial charge in [-0.25, -0.2) is 24.0 Å². The minimum absolute atomic E-state index is 0.0380. The summed E-state index contributed by atoms with van der Waals surface area (Å²) in [6.07, 6.45) is -14.2. The van der Waals surface area contributed by atoms with E-state index in [2.05, 4.69) is 31.3 Å². The largest absolute Gasteiger partial charge is 0.491 e. The molecule has 1 unspecified atom stereocenters. The number of aliphatic hydroxyl groups excluding tert-OH is 4. The molecule has 0 aromatic carbocycles. The van der Waals surface area contributed by atoms with Crippen molar-refractivity contribution >= 4 is 36.2 Å². The van der Waals surface area contributed by atoms with Gasteiger partial charge >= 0.3 is 30.3 Å². The normalized spacial score (nSPS) is 28.9. The van der Waals surface area contributed by atoms with E-state index in [1.807, 2.05) is 0 Å². The van der Waals surface area contributed by atoms with Crippen molar-refractivity contribution in [1.82, 2.24) is 31.5 Å². The fourth-order valence-corrected chi connectivity index (χ4v) is 8.28. The number of alkyl carbamates (subject to hydrolysis) is 3. The van der Waals surface area contributed by atoms with Gasteiger partial charge in [0.15, 0.2) is 12.4 Å². The first-order valence-electron chi connectivity index (χ1n) is 24.0. The second kappa shape index (κ2) is 25.0. The Morgan fingerprint density at radius 1 is 0.778 bits per heavy atom. The predicted molar refractivity (Wildman–Crippen MR) is 255 cm³/mol. The summed E-state index contributed by atoms with van der Waals surface area (Å²) in [5, 5.41) is 71.3. The van der Waals surface area contributed by atoms with E-state index >= 15 is 0 Å². The smallest absolute Gasteiger partial charge is 0.410 e. The van der Waals surface area contributed by atoms with E-state index in [9.17, 15) is 54.3 Å². The fourth-order valence-electron chi connectivity index (χ4n) is 8.28. The number of carbonyl (C=O) groups excluding carboxylic acids is 6. The molecule has 0 aromatic rings. The Kier molecular flexibility index (Phi) is 21.3. The van der Waals surface area contributed by atoms with Crippen LogP contribution in [-0.4, -0.2) is 202 Å². The molecule has 414 valence electrons. The average molecular weight is 1040 g/mol. The Bertz CT molecular complexity index is 1890. The lowest BCUT2D eigenvalue weighted by molar-refractivity contribution is -0.305. The van der Waals surface area contributed by atoms with Crippen molar-refractivity contribution in [3.05, 3.63) is 11.8 Å². The number of hydrogen-bond donors (Lipinski definition) is 10. The maximum Gasteiger partial charge on any atom is 0.410 e. The molecule has 2 aliphatic heterocycles. The average Bonchev–Trinajstić information content (AvgIpc) is 3.20. The van der Waals surface area contributed by atoms with Crippen molar-refractivity contribution < 1.29 is 92.2 Å². The molecule has 0 radical (unpaired) electrons. The number of ether oxygens (including phenoxy) is 8. The van der Waals surface area contributed by atoms with E-state index in [4.69, 9.17) is 33.2 Å². The van der Waals surface area contributed by atoms with Gasteiger partial charge < -0.3 is 94.9 Å². The van der Waals surface area contributed by atoms with Gasteiger partial charge in [0.2, 0.25) is 5.91 Å². The summed E-state index contributed by atoms with van der Waals surface area (Å²) in [7, 11) is 2.42. The van der Waals surface area contributed by atoms with Crippen LogP contribution in [0.15, 0.2) is 11.8 Å². The molecule has 0 spiro atoms. The van der Waals surface area contributed by atoms with Crippen LogP contribution < -0.4 is 26.6 Å². The van der Waals surface area contributed by atoms with Crippen LogP contribution >= 0.6 is 0 Å². The summed E-state index contributed by atoms with van der Waals surface area (Å²) >= 11 is 0. The van der Waals surface area contributed by atoms with Gasteiger partial charge in [-0.15, -0.1) is 0 Å². The van der Waals surface area contributed by atoms with Crippen LogP contribution in [0.1, 0.15) is 109 Å². The van der Waals surface area contributed by atoms with E-state index in [1.165, 1.54) is 14.0 Å². The molecule has 25 heteroatoms. The fraction of sp³-hybridized carbons (Fsp3) is 0.830. The summed E-state index contributed by atoms with van der Waals surface area (Å²) in [5.74, 6) is -2.99. The lowest BCUT2D eigenvalue weighted by atomic mass is 9.72. The summed E-state index contributed by atoms with van der Waals surface area (Å²) in [4.78, 5) is 79.7. The molecule has 5 amide bonds. The van der Waals surface area contributed by atoms with E-state index < -0.39 is 144 Å². The Labute approximate surface area is 421 Å². The van der Waals surface area contributed by atoms with Crippen LogP contribution in [0.3, 0.4) is 0 Å². The lowest BCUT2D eigenvalue weighted by Gasteiger charge is -2.52. The molecular weight excluding hydrogens is 953 g/mol. The van der Waals surface area contributed by atoms with Gasteiger partial charge in [-0.3, -0.25) is 4.79 Å². The molecule has 13 atom stereocenters. The van der Waals surface area contributed by atoms with E-state index in [1.54, 1.807) is 89.2 Å². The third kappa shape index (κ3) is 19.3. The van der Waals surface area contributed by atoms with E-state index in [-0.39, 0.29) is 44.7 Å². The van der Waals surface area contributed by atoms with Crippen LogP contribution in [0.2, 0.25) is 0 Å². The Balaban J connectivity index is 2.17. The number of likely N-dealkylation sites (N-methyl/N-ethyl adjacent to an activating group) is 1. The molecule has 1 saturated carbocycles. The molecule has 1 aliphatic carbocycles. The zero-order chi connectivity index (χ0) is 54.9. The highest BCUT2D eigenvalue weighted by Crippen LogP contribution is 2.39. The SMILES string of the molecule is COC(=O)[C@@H](O)CNCC1=CC[C@@H](NC(=O)OC(C)(C)C)C([C@H]2[C@H](O)[C@@H](O[C@H]3OC[C@](C)(O)[C@H](N(C)C(=O)OC(C)(C)C)[C@H]3O)[C@H](NC(=O)[C@@H](O)CCNC(=O)OC(C)(C)C)C[C@@H]2NC(=O)OC(C)(C)C)O1. The Morgan fingerprint density at radius 3 is 1.86 bits per heavy atom. The summed E-state index contributed by atoms with van der Waals surface area (Å²) in [5.41, 5.74) is -5.67. The van der Waals surface area contributed by atoms with Gasteiger partial charge in [0, 0.05) is 32.1 Å². The summed E-state index contributed by atoms with van der Waals surface area (Å²) in [6, 6.07) is -5.05. The first-order valence-corrected chi connectivity index (χ1v) is 24.0. The lowest BCUT2D eigenvalue weighted by Crippen LogP contribution is -2.71. The minimum atomic E-state index is -1.90. The first-order chi connectivity index (χ1) is 32.9. The van der Waals surface area contributed by atoms with Gasteiger partial charge in [0.05, 0.1) is 44.5 Å². The minimum Gasteiger partial charge on any atom is -0.491 e. The number of aliphatic hydroxyl groups is 5. The van der Waals surface area contributed by atoms with Crippen molar-refractivity contribution in [1.29, 1.82) is 0 Å². The van der Waals surface area contributed by atoms with Gasteiger partial charge in [-0.05, 0) is 115 Å². The van der Waals surface area contributed by atoms with Gasteiger partial charge in [0.25, 0.3) is 0 Å². The van der Waals surface area contributed by atoms with Crippen molar-refractivity contribution in [3.63, 3.8) is 0 Å². The molecule has 25 nitrogen and oxygen atoms in total. The number of hydrogen-bond acceptors (Lipinski definition) is 20. The number of nitrogens with one attached hydrogen (secondary N) is 5. The molecule has 3 aliphatic rings. The van der Waals surface area contributed by atoms with E-state index in [0.29, 0.717) is 0 Å². The van der Waals surface area contributed by atoms with Crippen LogP contribution in [-0.2, 0) is 47.5 Å². The highest BCUT2D eigenvalue weighted by molar-refractivity contribution is 5.81. The molecule has 10 N–H and O–H groups in total. The molecule has 0 aromatic heterocycles. The van der Waals surface area contributed by atoms with Crippen LogP contribution in [0.5, 0.6) is 0 Å². The molecule has 2 fully saturated rings. The Morgan fingerprint density at radius 2 is 1.32 bits per heavy atom. The van der Waals surface area contributed by atoms with Gasteiger partial charge in [-0.1, -0.05) is 0 Å². The quantitative estimate of drug-likeness (QED) is 0.0755. The predicted octanol–water partition coefficient (Wildman–Crippen LogP) is 0.800. The highest BCUT2D eigenvalue weighted by Gasteiger charge is 2.56. The number of carbonyl (C=O) groups is 6. The monoisotopic (exact) mass is 1030 g/mol. The molecule has 72 heavy (non-hydrogen) atoms. The highest BCUT2D eigenvalue weighted by atomic mass is 16.7. The Hall–Kier alpha value is -4.76. The zero-order valence-electron chi connectivity index (χ0n) is 44.4. The number of rotatable bonds is 16. The molecular formula is C47H82N6O19. The molecule has 2 heterocycles. The van der Waals surface area contributed by atoms with Crippen LogP contribution in [0.4, 0.5) is 19.2 Å². The van der Waals surface area contributed by atoms with Gasteiger partial charge in [-0.2, -0.15) is 0 Å². The maximum absolute atomic E-state index is 13.9. The zero-order valence-corrected chi connectivity index (χ0v) is 44.4. The molecule has 3 rings (SSSR count). The molecule has 1 saturated heterocycles. The van der Waals surface area contributed by atoms with E-state index in [0.717, 1.165) is 12.0 Å².